The lowest BCUT2D eigenvalue weighted by Crippen LogP contribution is -2.18. The molecule has 0 spiro atoms. The average molecular weight is 337 g/mol. The summed E-state index contributed by atoms with van der Waals surface area (Å²) in [5.74, 6) is 1.44. The van der Waals surface area contributed by atoms with Gasteiger partial charge < -0.3 is 14.4 Å². The first-order valence-corrected chi connectivity index (χ1v) is 8.46. The summed E-state index contributed by atoms with van der Waals surface area (Å²) in [7, 11) is 0. The van der Waals surface area contributed by atoms with Crippen LogP contribution in [0, 0.1) is 0 Å². The normalized spacial score (nSPS) is 16.4. The number of carbonyl (C=O) groups excluding carboxylic acids is 1. The predicted molar refractivity (Wildman–Crippen MR) is 91.4 cm³/mol. The number of hydrogen-bond acceptors (Lipinski definition) is 5. The minimum absolute atomic E-state index is 0.230. The highest BCUT2D eigenvalue weighted by Gasteiger charge is 2.21. The van der Waals surface area contributed by atoms with Crippen LogP contribution in [0.5, 0.6) is 0 Å². The van der Waals surface area contributed by atoms with E-state index in [2.05, 4.69) is 37.4 Å². The van der Waals surface area contributed by atoms with Gasteiger partial charge in [0.2, 0.25) is 5.76 Å². The number of aryl methyl sites for hydroxylation is 2. The Morgan fingerprint density at radius 1 is 1.36 bits per heavy atom. The van der Waals surface area contributed by atoms with E-state index >= 15 is 0 Å². The van der Waals surface area contributed by atoms with E-state index in [0.29, 0.717) is 5.92 Å². The van der Waals surface area contributed by atoms with Gasteiger partial charge >= 0.3 is 0 Å². The second-order valence-corrected chi connectivity index (χ2v) is 6.25. The van der Waals surface area contributed by atoms with Gasteiger partial charge in [-0.3, -0.25) is 4.79 Å². The number of carbonyl (C=O) groups is 1. The molecule has 4 rings (SSSR count). The van der Waals surface area contributed by atoms with Gasteiger partial charge in [-0.2, -0.15) is 0 Å². The summed E-state index contributed by atoms with van der Waals surface area (Å²) < 4.78 is 7.17. The number of rotatable bonds is 4. The van der Waals surface area contributed by atoms with Crippen LogP contribution in [0.2, 0.25) is 0 Å². The Labute approximate surface area is 145 Å². The third-order valence-corrected chi connectivity index (χ3v) is 4.61. The molecule has 1 aliphatic heterocycles. The number of hydrogen-bond donors (Lipinski definition) is 1. The molecule has 128 valence electrons. The molecule has 7 heteroatoms. The molecule has 2 aromatic heterocycles. The molecule has 7 nitrogen and oxygen atoms in total. The molecule has 1 atom stereocenters. The van der Waals surface area contributed by atoms with Crippen molar-refractivity contribution >= 4 is 11.6 Å². The molecule has 1 amide bonds. The third kappa shape index (κ3) is 3.17. The van der Waals surface area contributed by atoms with Gasteiger partial charge in [0.15, 0.2) is 0 Å². The number of fused-ring (bicyclic) bond motifs is 1. The fourth-order valence-corrected chi connectivity index (χ4v) is 3.15. The maximum atomic E-state index is 12.2. The highest BCUT2D eigenvalue weighted by atomic mass is 16.5. The van der Waals surface area contributed by atoms with Crippen molar-refractivity contribution in [1.82, 2.24) is 19.9 Å². The Morgan fingerprint density at radius 3 is 2.96 bits per heavy atom. The van der Waals surface area contributed by atoms with E-state index in [1.165, 1.54) is 5.56 Å². The molecular formula is C18H19N5O2. The van der Waals surface area contributed by atoms with Gasteiger partial charge in [-0.1, -0.05) is 24.2 Å². The standard InChI is InChI=1S/C18H19N5O2/c1-2-14-9-16(25-22-14)18(24)20-15-6-3-12(4-7-15)13-5-8-17-21-19-11-23(17)10-13/h3-4,6-7,9,11,13H,2,5,8,10H2,1H3,(H,20,24)/t13-/m1/s1. The van der Waals surface area contributed by atoms with Crippen molar-refractivity contribution in [3.8, 4) is 0 Å². The number of nitrogens with zero attached hydrogens (tertiary/aromatic N) is 4. The van der Waals surface area contributed by atoms with Crippen molar-refractivity contribution in [2.45, 2.75) is 38.6 Å². The second-order valence-electron chi connectivity index (χ2n) is 6.25. The van der Waals surface area contributed by atoms with Gasteiger partial charge in [-0.05, 0) is 30.5 Å². The highest BCUT2D eigenvalue weighted by molar-refractivity contribution is 6.02. The fourth-order valence-electron chi connectivity index (χ4n) is 3.15. The lowest BCUT2D eigenvalue weighted by Gasteiger charge is -2.23. The smallest absolute Gasteiger partial charge is 0.294 e. The summed E-state index contributed by atoms with van der Waals surface area (Å²) in [6, 6.07) is 9.64. The van der Waals surface area contributed by atoms with Crippen LogP contribution in [0.1, 0.15) is 46.9 Å². The van der Waals surface area contributed by atoms with Gasteiger partial charge in [-0.15, -0.1) is 10.2 Å². The molecule has 1 aliphatic rings. The Bertz CT molecular complexity index is 881. The first-order valence-electron chi connectivity index (χ1n) is 8.46. The van der Waals surface area contributed by atoms with Crippen molar-refractivity contribution in [3.63, 3.8) is 0 Å². The van der Waals surface area contributed by atoms with Gasteiger partial charge in [0, 0.05) is 30.6 Å². The summed E-state index contributed by atoms with van der Waals surface area (Å²) >= 11 is 0. The van der Waals surface area contributed by atoms with Crippen molar-refractivity contribution in [2.24, 2.45) is 0 Å². The second kappa shape index (κ2) is 6.51. The molecule has 0 saturated carbocycles. The maximum Gasteiger partial charge on any atom is 0.294 e. The molecule has 0 radical (unpaired) electrons. The molecule has 25 heavy (non-hydrogen) atoms. The molecule has 1 aromatic carbocycles. The molecular weight excluding hydrogens is 318 g/mol. The van der Waals surface area contributed by atoms with Crippen LogP contribution in [-0.4, -0.2) is 25.8 Å². The Kier molecular flexibility index (Phi) is 4.05. The number of amides is 1. The first-order chi connectivity index (χ1) is 12.2. The summed E-state index contributed by atoms with van der Waals surface area (Å²) in [5.41, 5.74) is 2.76. The molecule has 0 unspecified atom stereocenters. The molecule has 1 N–H and O–H groups in total. The molecule has 3 aromatic rings. The van der Waals surface area contributed by atoms with Crippen LogP contribution in [0.4, 0.5) is 5.69 Å². The van der Waals surface area contributed by atoms with Crippen molar-refractivity contribution in [3.05, 3.63) is 59.5 Å². The Morgan fingerprint density at radius 2 is 2.20 bits per heavy atom. The van der Waals surface area contributed by atoms with Crippen LogP contribution in [0.25, 0.3) is 0 Å². The van der Waals surface area contributed by atoms with Gasteiger partial charge in [0.25, 0.3) is 5.91 Å². The Hall–Kier alpha value is -2.96. The van der Waals surface area contributed by atoms with Crippen LogP contribution in [0.15, 0.2) is 41.2 Å². The summed E-state index contributed by atoms with van der Waals surface area (Å²) in [4.78, 5) is 12.2. The zero-order valence-corrected chi connectivity index (χ0v) is 14.0. The maximum absolute atomic E-state index is 12.2. The van der Waals surface area contributed by atoms with E-state index in [-0.39, 0.29) is 11.7 Å². The fraction of sp³-hybridized carbons (Fsp3) is 0.333. The van der Waals surface area contributed by atoms with Crippen molar-refractivity contribution in [1.29, 1.82) is 0 Å². The lowest BCUT2D eigenvalue weighted by atomic mass is 9.91. The SMILES string of the molecule is CCc1cc(C(=O)Nc2ccc([C@@H]3CCc4nncn4C3)cc2)on1. The quantitative estimate of drug-likeness (QED) is 0.791. The van der Waals surface area contributed by atoms with Crippen LogP contribution in [-0.2, 0) is 19.4 Å². The number of nitrogens with one attached hydrogen (secondary N) is 1. The number of anilines is 1. The average Bonchev–Trinajstić information content (AvgIpc) is 3.31. The van der Waals surface area contributed by atoms with Crippen molar-refractivity contribution < 1.29 is 9.32 Å². The number of aromatic nitrogens is 4. The Balaban J connectivity index is 1.43. The van der Waals surface area contributed by atoms with E-state index in [1.54, 1.807) is 12.4 Å². The highest BCUT2D eigenvalue weighted by Crippen LogP contribution is 2.28. The van der Waals surface area contributed by atoms with Gasteiger partial charge in [0.05, 0.1) is 5.69 Å². The summed E-state index contributed by atoms with van der Waals surface area (Å²) in [6.07, 6.45) is 4.52. The zero-order chi connectivity index (χ0) is 17.2. The molecule has 3 heterocycles. The third-order valence-electron chi connectivity index (χ3n) is 4.61. The summed E-state index contributed by atoms with van der Waals surface area (Å²) in [5, 5.41) is 14.8. The molecule has 0 fully saturated rings. The van der Waals surface area contributed by atoms with Gasteiger partial charge in [0.1, 0.15) is 12.2 Å². The van der Waals surface area contributed by atoms with E-state index in [9.17, 15) is 4.79 Å². The van der Waals surface area contributed by atoms with Crippen LogP contribution >= 0.6 is 0 Å². The zero-order valence-electron chi connectivity index (χ0n) is 14.0. The minimum atomic E-state index is -0.285. The topological polar surface area (TPSA) is 85.8 Å². The largest absolute Gasteiger partial charge is 0.351 e. The van der Waals surface area contributed by atoms with E-state index in [4.69, 9.17) is 4.52 Å². The van der Waals surface area contributed by atoms with E-state index < -0.39 is 0 Å². The van der Waals surface area contributed by atoms with E-state index in [1.807, 2.05) is 19.1 Å². The molecule has 0 bridgehead atoms. The minimum Gasteiger partial charge on any atom is -0.351 e. The van der Waals surface area contributed by atoms with Crippen LogP contribution in [0.3, 0.4) is 0 Å². The summed E-state index contributed by atoms with van der Waals surface area (Å²) in [6.45, 7) is 2.86. The van der Waals surface area contributed by atoms with Crippen LogP contribution < -0.4 is 5.32 Å². The van der Waals surface area contributed by atoms with Gasteiger partial charge in [-0.25, -0.2) is 0 Å². The van der Waals surface area contributed by atoms with Crippen molar-refractivity contribution in [2.75, 3.05) is 5.32 Å². The van der Waals surface area contributed by atoms with E-state index in [0.717, 1.165) is 43.0 Å². The monoisotopic (exact) mass is 337 g/mol. The molecule has 0 aliphatic carbocycles. The molecule has 0 saturated heterocycles. The number of benzene rings is 1. The lowest BCUT2D eigenvalue weighted by molar-refractivity contribution is 0.0988. The first kappa shape index (κ1) is 15.6. The predicted octanol–water partition coefficient (Wildman–Crippen LogP) is 2.81.